The largest absolute Gasteiger partial charge is 0.481 e. The second-order valence-electron chi connectivity index (χ2n) is 5.70. The molecule has 2 rings (SSSR count). The van der Waals surface area contributed by atoms with E-state index in [1.807, 2.05) is 5.09 Å². The molecule has 0 bridgehead atoms. The van der Waals surface area contributed by atoms with Crippen molar-refractivity contribution in [1.29, 1.82) is 0 Å². The number of nitrogens with one attached hydrogen (secondary N) is 1. The minimum Gasteiger partial charge on any atom is -0.481 e. The first-order valence-electron chi connectivity index (χ1n) is 7.65. The summed E-state index contributed by atoms with van der Waals surface area (Å²) in [5, 5.41) is 1.61. The van der Waals surface area contributed by atoms with Crippen LogP contribution in [0.5, 0.6) is 17.4 Å². The first-order valence-corrected chi connectivity index (χ1v) is 10.1. The van der Waals surface area contributed by atoms with Crippen LogP contribution in [0.25, 0.3) is 0 Å². The van der Waals surface area contributed by atoms with E-state index in [2.05, 4.69) is 4.98 Å². The Morgan fingerprint density at radius 1 is 1.29 bits per heavy atom. The molecule has 0 spiro atoms. The molecule has 2 unspecified atom stereocenters. The smallest absolute Gasteiger partial charge is 0.417 e. The van der Waals surface area contributed by atoms with Crippen molar-refractivity contribution in [2.75, 3.05) is 6.66 Å². The van der Waals surface area contributed by atoms with E-state index in [1.165, 1.54) is 31.2 Å². The number of hydrogen-bond donors (Lipinski definition) is 2. The number of amides is 1. The van der Waals surface area contributed by atoms with Gasteiger partial charge >= 0.3 is 6.18 Å². The normalized spacial score (nSPS) is 14.7. The zero-order valence-corrected chi connectivity index (χ0v) is 16.2. The standard InChI is InChI=1S/C16H15ClF3N2O5P/c1-9(14(23)22-28(2,24)25)26-11-3-5-12(6-4-11)27-15-13(17)7-10(8-21-15)16(18,19)20/h3-9H,1-2H3,(H2,22,23,24,25). The van der Waals surface area contributed by atoms with Gasteiger partial charge in [0.05, 0.1) is 5.56 Å². The highest BCUT2D eigenvalue weighted by Crippen LogP contribution is 2.35. The third-order valence-corrected chi connectivity index (χ3v) is 4.08. The minimum absolute atomic E-state index is 0.210. The summed E-state index contributed by atoms with van der Waals surface area (Å²) in [5.41, 5.74) is -1.000. The number of ether oxygens (including phenoxy) is 2. The quantitative estimate of drug-likeness (QED) is 0.655. The van der Waals surface area contributed by atoms with Gasteiger partial charge in [0.2, 0.25) is 5.88 Å². The van der Waals surface area contributed by atoms with Crippen LogP contribution in [0, 0.1) is 0 Å². The Morgan fingerprint density at radius 3 is 2.36 bits per heavy atom. The van der Waals surface area contributed by atoms with E-state index in [0.29, 0.717) is 12.3 Å². The van der Waals surface area contributed by atoms with Crippen LogP contribution in [0.4, 0.5) is 13.2 Å². The molecule has 1 amide bonds. The van der Waals surface area contributed by atoms with Gasteiger partial charge in [0.1, 0.15) is 16.5 Å². The number of hydrogen-bond acceptors (Lipinski definition) is 5. The van der Waals surface area contributed by atoms with E-state index in [1.54, 1.807) is 0 Å². The van der Waals surface area contributed by atoms with Crippen LogP contribution >= 0.6 is 19.1 Å². The topological polar surface area (TPSA) is 97.8 Å². The van der Waals surface area contributed by atoms with E-state index in [4.69, 9.17) is 26.0 Å². The maximum atomic E-state index is 12.6. The number of carbonyl (C=O) groups is 1. The monoisotopic (exact) mass is 438 g/mol. The van der Waals surface area contributed by atoms with Gasteiger partial charge in [-0.05, 0) is 37.3 Å². The van der Waals surface area contributed by atoms with Gasteiger partial charge < -0.3 is 14.4 Å². The predicted molar refractivity (Wildman–Crippen MR) is 94.7 cm³/mol. The molecule has 2 aromatic rings. The number of alkyl halides is 3. The molecule has 12 heteroatoms. The van der Waals surface area contributed by atoms with Crippen LogP contribution in [0.3, 0.4) is 0 Å². The molecule has 0 aliphatic rings. The van der Waals surface area contributed by atoms with Gasteiger partial charge in [-0.2, -0.15) is 13.2 Å². The maximum absolute atomic E-state index is 12.6. The predicted octanol–water partition coefficient (Wildman–Crippen LogP) is 4.24. The van der Waals surface area contributed by atoms with Gasteiger partial charge in [-0.3, -0.25) is 14.4 Å². The molecule has 28 heavy (non-hydrogen) atoms. The van der Waals surface area contributed by atoms with E-state index >= 15 is 0 Å². The van der Waals surface area contributed by atoms with E-state index in [9.17, 15) is 22.5 Å². The Labute approximate surface area is 162 Å². The summed E-state index contributed by atoms with van der Waals surface area (Å²) in [5.74, 6) is -0.510. The summed E-state index contributed by atoms with van der Waals surface area (Å²) in [7, 11) is -3.74. The molecule has 7 nitrogen and oxygen atoms in total. The summed E-state index contributed by atoms with van der Waals surface area (Å²) in [6.07, 6.45) is -5.01. The zero-order valence-electron chi connectivity index (χ0n) is 14.5. The summed E-state index contributed by atoms with van der Waals surface area (Å²) in [6.45, 7) is 2.37. The Morgan fingerprint density at radius 2 is 1.86 bits per heavy atom. The summed E-state index contributed by atoms with van der Waals surface area (Å²) in [4.78, 5) is 24.4. The molecule has 1 aromatic heterocycles. The zero-order chi connectivity index (χ0) is 21.1. The summed E-state index contributed by atoms with van der Waals surface area (Å²) in [6, 6.07) is 6.41. The van der Waals surface area contributed by atoms with Crippen LogP contribution in [-0.4, -0.2) is 28.6 Å². The second-order valence-corrected chi connectivity index (χ2v) is 8.09. The third kappa shape index (κ3) is 6.40. The van der Waals surface area contributed by atoms with Crippen LogP contribution < -0.4 is 14.6 Å². The van der Waals surface area contributed by atoms with Crippen molar-refractivity contribution >= 4 is 25.0 Å². The van der Waals surface area contributed by atoms with Crippen LogP contribution in [0.2, 0.25) is 5.02 Å². The van der Waals surface area contributed by atoms with Gasteiger partial charge in [0.15, 0.2) is 6.10 Å². The Kier molecular flexibility index (Phi) is 6.59. The summed E-state index contributed by atoms with van der Waals surface area (Å²) < 4.78 is 59.7. The second kappa shape index (κ2) is 8.38. The molecule has 1 aromatic carbocycles. The summed E-state index contributed by atoms with van der Waals surface area (Å²) >= 11 is 5.77. The highest BCUT2D eigenvalue weighted by molar-refractivity contribution is 7.55. The lowest BCUT2D eigenvalue weighted by atomic mass is 10.3. The van der Waals surface area contributed by atoms with Crippen LogP contribution in [0.15, 0.2) is 36.5 Å². The molecule has 0 aliphatic heterocycles. The van der Waals surface area contributed by atoms with Crippen LogP contribution in [0.1, 0.15) is 12.5 Å². The fourth-order valence-electron chi connectivity index (χ4n) is 1.91. The van der Waals surface area contributed by atoms with Crippen molar-refractivity contribution in [3.05, 3.63) is 47.1 Å². The lowest BCUT2D eigenvalue weighted by molar-refractivity contribution is -0.137. The number of aromatic nitrogens is 1. The maximum Gasteiger partial charge on any atom is 0.417 e. The van der Waals surface area contributed by atoms with E-state index in [0.717, 1.165) is 6.66 Å². The lowest BCUT2D eigenvalue weighted by Gasteiger charge is -2.16. The lowest BCUT2D eigenvalue weighted by Crippen LogP contribution is -2.34. The average Bonchev–Trinajstić information content (AvgIpc) is 2.56. The Bertz CT molecular complexity index is 902. The van der Waals surface area contributed by atoms with Crippen LogP contribution in [-0.2, 0) is 15.5 Å². The SMILES string of the molecule is CC(Oc1ccc(Oc2ncc(C(F)(F)F)cc2Cl)cc1)C(=O)NP(C)(=O)O. The number of pyridine rings is 1. The molecule has 1 heterocycles. The van der Waals surface area contributed by atoms with Crippen molar-refractivity contribution in [1.82, 2.24) is 10.1 Å². The Hall–Kier alpha value is -2.29. The number of benzene rings is 1. The first kappa shape index (κ1) is 22.0. The fourth-order valence-corrected chi connectivity index (χ4v) is 2.70. The van der Waals surface area contributed by atoms with Crippen molar-refractivity contribution in [2.24, 2.45) is 0 Å². The van der Waals surface area contributed by atoms with Gasteiger partial charge in [-0.1, -0.05) is 11.6 Å². The molecule has 0 radical (unpaired) electrons. The van der Waals surface area contributed by atoms with Crippen molar-refractivity contribution in [3.63, 3.8) is 0 Å². The fraction of sp³-hybridized carbons (Fsp3) is 0.250. The van der Waals surface area contributed by atoms with Gasteiger partial charge in [-0.25, -0.2) is 4.98 Å². The van der Waals surface area contributed by atoms with Crippen molar-refractivity contribution < 1.29 is 36.9 Å². The first-order chi connectivity index (χ1) is 12.8. The van der Waals surface area contributed by atoms with Gasteiger partial charge in [0, 0.05) is 12.9 Å². The molecule has 0 fully saturated rings. The molecule has 0 aliphatic carbocycles. The highest BCUT2D eigenvalue weighted by atomic mass is 35.5. The molecular formula is C16H15ClF3N2O5P. The van der Waals surface area contributed by atoms with Crippen molar-refractivity contribution in [2.45, 2.75) is 19.2 Å². The molecule has 2 atom stereocenters. The molecular weight excluding hydrogens is 424 g/mol. The average molecular weight is 439 g/mol. The minimum atomic E-state index is -4.57. The third-order valence-electron chi connectivity index (χ3n) is 3.17. The van der Waals surface area contributed by atoms with Crippen molar-refractivity contribution in [3.8, 4) is 17.4 Å². The molecule has 0 saturated heterocycles. The van der Waals surface area contributed by atoms with E-state index in [-0.39, 0.29) is 22.4 Å². The Balaban J connectivity index is 2.03. The number of nitrogens with zero attached hydrogens (tertiary/aromatic N) is 1. The van der Waals surface area contributed by atoms with Gasteiger partial charge in [0.25, 0.3) is 13.4 Å². The van der Waals surface area contributed by atoms with E-state index < -0.39 is 31.3 Å². The molecule has 0 saturated carbocycles. The number of rotatable bonds is 6. The molecule has 2 N–H and O–H groups in total. The number of carbonyl (C=O) groups excluding carboxylic acids is 1. The van der Waals surface area contributed by atoms with Gasteiger partial charge in [-0.15, -0.1) is 0 Å². The number of halogens is 4. The highest BCUT2D eigenvalue weighted by Gasteiger charge is 2.31. The molecule has 152 valence electrons.